The second-order valence-electron chi connectivity index (χ2n) is 3.14. The minimum absolute atomic E-state index is 0.724. The first-order chi connectivity index (χ1) is 7.18. The Hall–Kier alpha value is -0.440. The third kappa shape index (κ3) is 2.39. The highest BCUT2D eigenvalue weighted by Gasteiger charge is 2.05. The molecule has 0 aliphatic heterocycles. The fourth-order valence-electron chi connectivity index (χ4n) is 1.41. The van der Waals surface area contributed by atoms with Gasteiger partial charge >= 0.3 is 0 Å². The van der Waals surface area contributed by atoms with E-state index in [2.05, 4.69) is 28.6 Å². The van der Waals surface area contributed by atoms with Crippen LogP contribution in [0.15, 0.2) is 51.8 Å². The Morgan fingerprint density at radius 1 is 1.00 bits per heavy atom. The smallest absolute Gasteiger partial charge is 0.0417 e. The standard InChI is InChI=1S/C12H8BrClS/c13-11-7-8(14)5-6-9(11)10-3-1-2-4-12(10)15/h1-7,15H. The van der Waals surface area contributed by atoms with Crippen molar-refractivity contribution in [2.24, 2.45) is 0 Å². The molecule has 0 aromatic heterocycles. The van der Waals surface area contributed by atoms with Crippen LogP contribution in [0.3, 0.4) is 0 Å². The molecule has 0 heterocycles. The summed E-state index contributed by atoms with van der Waals surface area (Å²) < 4.78 is 0.983. The van der Waals surface area contributed by atoms with E-state index >= 15 is 0 Å². The summed E-state index contributed by atoms with van der Waals surface area (Å²) in [4.78, 5) is 0.959. The SMILES string of the molecule is Sc1ccccc1-c1ccc(Cl)cc1Br. The van der Waals surface area contributed by atoms with E-state index in [0.29, 0.717) is 0 Å². The maximum absolute atomic E-state index is 5.90. The average Bonchev–Trinajstić information content (AvgIpc) is 2.20. The molecule has 2 aromatic carbocycles. The lowest BCUT2D eigenvalue weighted by molar-refractivity contribution is 1.44. The van der Waals surface area contributed by atoms with Crippen LogP contribution in [-0.4, -0.2) is 0 Å². The molecule has 2 rings (SSSR count). The zero-order chi connectivity index (χ0) is 10.8. The molecule has 0 atom stereocenters. The van der Waals surface area contributed by atoms with Crippen molar-refractivity contribution in [3.8, 4) is 11.1 Å². The number of thiol groups is 1. The number of hydrogen-bond acceptors (Lipinski definition) is 1. The third-order valence-corrected chi connectivity index (χ3v) is 3.41. The Balaban J connectivity index is 2.60. The number of hydrogen-bond donors (Lipinski definition) is 1. The zero-order valence-electron chi connectivity index (χ0n) is 7.74. The molecule has 0 nitrogen and oxygen atoms in total. The molecule has 0 aliphatic rings. The minimum atomic E-state index is 0.724. The highest BCUT2D eigenvalue weighted by Crippen LogP contribution is 2.33. The summed E-state index contributed by atoms with van der Waals surface area (Å²) in [6, 6.07) is 13.7. The number of rotatable bonds is 1. The minimum Gasteiger partial charge on any atom is -0.143 e. The Morgan fingerprint density at radius 2 is 1.73 bits per heavy atom. The predicted molar refractivity (Wildman–Crippen MR) is 71.8 cm³/mol. The highest BCUT2D eigenvalue weighted by atomic mass is 79.9. The summed E-state index contributed by atoms with van der Waals surface area (Å²) in [6.07, 6.45) is 0. The maximum Gasteiger partial charge on any atom is 0.0417 e. The van der Waals surface area contributed by atoms with Crippen LogP contribution in [0.2, 0.25) is 5.02 Å². The average molecular weight is 300 g/mol. The van der Waals surface area contributed by atoms with Gasteiger partial charge in [-0.15, -0.1) is 12.6 Å². The molecule has 0 N–H and O–H groups in total. The summed E-state index contributed by atoms with van der Waals surface area (Å²) in [7, 11) is 0. The molecule has 0 unspecified atom stereocenters. The predicted octanol–water partition coefficient (Wildman–Crippen LogP) is 5.06. The van der Waals surface area contributed by atoms with Crippen molar-refractivity contribution in [2.75, 3.05) is 0 Å². The molecular formula is C12H8BrClS. The largest absolute Gasteiger partial charge is 0.143 e. The summed E-state index contributed by atoms with van der Waals surface area (Å²) in [5, 5.41) is 0.724. The summed E-state index contributed by atoms with van der Waals surface area (Å²) >= 11 is 13.8. The molecule has 76 valence electrons. The van der Waals surface area contributed by atoms with Crippen molar-refractivity contribution in [1.82, 2.24) is 0 Å². The maximum atomic E-state index is 5.90. The molecule has 0 amide bonds. The van der Waals surface area contributed by atoms with E-state index in [9.17, 15) is 0 Å². The molecule has 0 saturated heterocycles. The van der Waals surface area contributed by atoms with E-state index in [0.717, 1.165) is 25.5 Å². The summed E-state index contributed by atoms with van der Waals surface area (Å²) in [5.74, 6) is 0. The fraction of sp³-hybridized carbons (Fsp3) is 0. The van der Waals surface area contributed by atoms with Crippen molar-refractivity contribution in [3.05, 3.63) is 52.0 Å². The molecule has 3 heteroatoms. The van der Waals surface area contributed by atoms with Gasteiger partial charge in [-0.2, -0.15) is 0 Å². The van der Waals surface area contributed by atoms with Crippen LogP contribution >= 0.6 is 40.2 Å². The van der Waals surface area contributed by atoms with E-state index < -0.39 is 0 Å². The third-order valence-electron chi connectivity index (χ3n) is 2.13. The molecule has 15 heavy (non-hydrogen) atoms. The summed E-state index contributed by atoms with van der Waals surface area (Å²) in [5.41, 5.74) is 2.20. The van der Waals surface area contributed by atoms with E-state index in [1.165, 1.54) is 0 Å². The van der Waals surface area contributed by atoms with Crippen LogP contribution in [-0.2, 0) is 0 Å². The number of halogens is 2. The quantitative estimate of drug-likeness (QED) is 0.699. The van der Waals surface area contributed by atoms with E-state index in [4.69, 9.17) is 11.6 Å². The first-order valence-electron chi connectivity index (χ1n) is 4.42. The van der Waals surface area contributed by atoms with Gasteiger partial charge in [0.1, 0.15) is 0 Å². The van der Waals surface area contributed by atoms with Crippen LogP contribution in [0.25, 0.3) is 11.1 Å². The number of benzene rings is 2. The van der Waals surface area contributed by atoms with Crippen LogP contribution in [0.1, 0.15) is 0 Å². The van der Waals surface area contributed by atoms with Crippen LogP contribution < -0.4 is 0 Å². The molecule has 0 aliphatic carbocycles. The van der Waals surface area contributed by atoms with Crippen LogP contribution in [0.5, 0.6) is 0 Å². The molecule has 0 bridgehead atoms. The van der Waals surface area contributed by atoms with E-state index in [1.807, 2.05) is 42.5 Å². The van der Waals surface area contributed by atoms with Gasteiger partial charge in [0.05, 0.1) is 0 Å². The molecule has 0 radical (unpaired) electrons. The van der Waals surface area contributed by atoms with Gasteiger partial charge < -0.3 is 0 Å². The van der Waals surface area contributed by atoms with E-state index in [1.54, 1.807) is 0 Å². The highest BCUT2D eigenvalue weighted by molar-refractivity contribution is 9.10. The van der Waals surface area contributed by atoms with Crippen LogP contribution in [0, 0.1) is 0 Å². The molecule has 0 fully saturated rings. The molecular weight excluding hydrogens is 292 g/mol. The van der Waals surface area contributed by atoms with Crippen molar-refractivity contribution >= 4 is 40.2 Å². The first-order valence-corrected chi connectivity index (χ1v) is 6.04. The monoisotopic (exact) mass is 298 g/mol. The van der Waals surface area contributed by atoms with Gasteiger partial charge in [0.2, 0.25) is 0 Å². The van der Waals surface area contributed by atoms with Gasteiger partial charge in [-0.1, -0.05) is 51.8 Å². The Kier molecular flexibility index (Phi) is 3.39. The lowest BCUT2D eigenvalue weighted by atomic mass is 10.1. The lowest BCUT2D eigenvalue weighted by Crippen LogP contribution is -1.81. The Morgan fingerprint density at radius 3 is 2.40 bits per heavy atom. The Bertz CT molecular complexity index is 497. The van der Waals surface area contributed by atoms with Crippen molar-refractivity contribution in [1.29, 1.82) is 0 Å². The topological polar surface area (TPSA) is 0 Å². The van der Waals surface area contributed by atoms with Gasteiger partial charge in [0.25, 0.3) is 0 Å². The van der Waals surface area contributed by atoms with Crippen molar-refractivity contribution in [2.45, 2.75) is 4.90 Å². The zero-order valence-corrected chi connectivity index (χ0v) is 11.0. The second-order valence-corrected chi connectivity index (χ2v) is 4.91. The van der Waals surface area contributed by atoms with Gasteiger partial charge in [-0.05, 0) is 29.3 Å². The molecule has 0 saturated carbocycles. The molecule has 0 spiro atoms. The van der Waals surface area contributed by atoms with Gasteiger partial charge in [0, 0.05) is 14.4 Å². The first kappa shape index (κ1) is 11.1. The molecule has 2 aromatic rings. The van der Waals surface area contributed by atoms with Gasteiger partial charge in [0.15, 0.2) is 0 Å². The van der Waals surface area contributed by atoms with Crippen LogP contribution in [0.4, 0.5) is 0 Å². The normalized spacial score (nSPS) is 10.3. The van der Waals surface area contributed by atoms with Crippen molar-refractivity contribution < 1.29 is 0 Å². The summed E-state index contributed by atoms with van der Waals surface area (Å²) in [6.45, 7) is 0. The lowest BCUT2D eigenvalue weighted by Gasteiger charge is -2.07. The van der Waals surface area contributed by atoms with Gasteiger partial charge in [-0.25, -0.2) is 0 Å². The van der Waals surface area contributed by atoms with Crippen molar-refractivity contribution in [3.63, 3.8) is 0 Å². The second kappa shape index (κ2) is 4.60. The Labute approximate surface area is 108 Å². The van der Waals surface area contributed by atoms with E-state index in [-0.39, 0.29) is 0 Å². The fourth-order valence-corrected chi connectivity index (χ4v) is 2.59. The van der Waals surface area contributed by atoms with Gasteiger partial charge in [-0.3, -0.25) is 0 Å².